The molecule has 2 aromatic heterocycles. The molecule has 0 saturated carbocycles. The van der Waals surface area contributed by atoms with Crippen LogP contribution in [0.4, 0.5) is 5.82 Å². The van der Waals surface area contributed by atoms with Crippen molar-refractivity contribution in [3.8, 4) is 0 Å². The molecule has 6 nitrogen and oxygen atoms in total. The average Bonchev–Trinajstić information content (AvgIpc) is 2.63. The van der Waals surface area contributed by atoms with Crippen LogP contribution in [0.25, 0.3) is 0 Å². The Morgan fingerprint density at radius 1 is 1.29 bits per heavy atom. The molecule has 1 fully saturated rings. The molecule has 0 aliphatic carbocycles. The molecule has 2 aromatic rings. The summed E-state index contributed by atoms with van der Waals surface area (Å²) in [5.74, 6) is 1.12. The number of nitrogens with zero attached hydrogens (tertiary/aromatic N) is 4. The van der Waals surface area contributed by atoms with E-state index in [0.29, 0.717) is 18.2 Å². The first-order chi connectivity index (χ1) is 11.7. The van der Waals surface area contributed by atoms with Crippen molar-refractivity contribution in [1.29, 1.82) is 0 Å². The smallest absolute Gasteiger partial charge is 0.222 e. The minimum Gasteiger partial charge on any atom is -0.382 e. The van der Waals surface area contributed by atoms with Crippen LogP contribution in [0.5, 0.6) is 0 Å². The van der Waals surface area contributed by atoms with Gasteiger partial charge in [0.2, 0.25) is 5.91 Å². The number of hydrogen-bond acceptors (Lipinski definition) is 5. The summed E-state index contributed by atoms with van der Waals surface area (Å²) in [5, 5.41) is 0. The molecular formula is C18H23N5O. The van der Waals surface area contributed by atoms with E-state index in [1.54, 1.807) is 18.6 Å². The second kappa shape index (κ2) is 7.86. The summed E-state index contributed by atoms with van der Waals surface area (Å²) in [5.41, 5.74) is 7.83. The number of nitrogens with two attached hydrogens (primary N) is 1. The minimum absolute atomic E-state index is 0.218. The highest BCUT2D eigenvalue weighted by molar-refractivity contribution is 5.76. The highest BCUT2D eigenvalue weighted by atomic mass is 16.2. The number of rotatable bonds is 5. The van der Waals surface area contributed by atoms with Crippen molar-refractivity contribution in [3.05, 3.63) is 48.2 Å². The van der Waals surface area contributed by atoms with Gasteiger partial charge in [-0.1, -0.05) is 6.07 Å². The Labute approximate surface area is 142 Å². The fourth-order valence-electron chi connectivity index (χ4n) is 3.22. The zero-order chi connectivity index (χ0) is 16.8. The van der Waals surface area contributed by atoms with E-state index in [-0.39, 0.29) is 5.91 Å². The van der Waals surface area contributed by atoms with Crippen LogP contribution >= 0.6 is 0 Å². The molecule has 2 N–H and O–H groups in total. The van der Waals surface area contributed by atoms with Gasteiger partial charge in [-0.05, 0) is 43.2 Å². The Morgan fingerprint density at radius 2 is 2.17 bits per heavy atom. The first-order valence-electron chi connectivity index (χ1n) is 8.44. The van der Waals surface area contributed by atoms with Crippen LogP contribution in [-0.2, 0) is 17.6 Å². The molecule has 1 unspecified atom stereocenters. The molecule has 0 radical (unpaired) electrons. The van der Waals surface area contributed by atoms with Gasteiger partial charge >= 0.3 is 0 Å². The lowest BCUT2D eigenvalue weighted by Crippen LogP contribution is -2.40. The number of aryl methyl sites for hydroxylation is 1. The van der Waals surface area contributed by atoms with Crippen LogP contribution in [0.1, 0.15) is 30.5 Å². The molecule has 3 heterocycles. The van der Waals surface area contributed by atoms with Crippen molar-refractivity contribution in [1.82, 2.24) is 19.9 Å². The maximum Gasteiger partial charge on any atom is 0.222 e. The van der Waals surface area contributed by atoms with Crippen LogP contribution in [0, 0.1) is 5.92 Å². The van der Waals surface area contributed by atoms with Crippen LogP contribution < -0.4 is 5.73 Å². The van der Waals surface area contributed by atoms with Crippen molar-refractivity contribution in [2.24, 2.45) is 5.92 Å². The number of anilines is 1. The number of aromatic nitrogens is 3. The molecule has 24 heavy (non-hydrogen) atoms. The third kappa shape index (κ3) is 4.28. The molecule has 6 heteroatoms. The summed E-state index contributed by atoms with van der Waals surface area (Å²) >= 11 is 0. The summed E-state index contributed by atoms with van der Waals surface area (Å²) in [7, 11) is 0. The number of piperidine rings is 1. The molecular weight excluding hydrogens is 302 g/mol. The van der Waals surface area contributed by atoms with Crippen LogP contribution in [0.2, 0.25) is 0 Å². The van der Waals surface area contributed by atoms with Gasteiger partial charge in [0.15, 0.2) is 0 Å². The van der Waals surface area contributed by atoms with Gasteiger partial charge in [-0.15, -0.1) is 0 Å². The average molecular weight is 325 g/mol. The van der Waals surface area contributed by atoms with E-state index in [4.69, 9.17) is 5.73 Å². The van der Waals surface area contributed by atoms with Crippen LogP contribution in [0.15, 0.2) is 36.9 Å². The van der Waals surface area contributed by atoms with Crippen LogP contribution in [-0.4, -0.2) is 38.8 Å². The lowest BCUT2D eigenvalue weighted by atomic mass is 9.93. The minimum atomic E-state index is 0.218. The van der Waals surface area contributed by atoms with E-state index in [1.165, 1.54) is 0 Å². The van der Waals surface area contributed by atoms with Crippen molar-refractivity contribution < 1.29 is 4.79 Å². The largest absolute Gasteiger partial charge is 0.382 e. The number of pyridine rings is 1. The standard InChI is InChI=1S/C18H23N5O/c19-18-16(21-8-9-22-18)11-15-4-2-10-23(13-15)17(24)6-5-14-3-1-7-20-12-14/h1,3,7-9,12,15H,2,4-6,10-11,13H2,(H2,19,22). The summed E-state index contributed by atoms with van der Waals surface area (Å²) in [6.45, 7) is 1.63. The lowest BCUT2D eigenvalue weighted by Gasteiger charge is -2.33. The number of hydrogen-bond donors (Lipinski definition) is 1. The number of nitrogen functional groups attached to an aromatic ring is 1. The van der Waals surface area contributed by atoms with Gasteiger partial charge in [-0.25, -0.2) is 4.98 Å². The zero-order valence-electron chi connectivity index (χ0n) is 13.8. The maximum atomic E-state index is 12.5. The fourth-order valence-corrected chi connectivity index (χ4v) is 3.22. The van der Waals surface area contributed by atoms with Gasteiger partial charge in [0.05, 0.1) is 5.69 Å². The summed E-state index contributed by atoms with van der Waals surface area (Å²) in [4.78, 5) is 27.0. The highest BCUT2D eigenvalue weighted by Crippen LogP contribution is 2.22. The lowest BCUT2D eigenvalue weighted by molar-refractivity contribution is -0.132. The summed E-state index contributed by atoms with van der Waals surface area (Å²) < 4.78 is 0. The molecule has 0 aromatic carbocycles. The second-order valence-electron chi connectivity index (χ2n) is 6.30. The van der Waals surface area contributed by atoms with E-state index >= 15 is 0 Å². The molecule has 0 spiro atoms. The summed E-state index contributed by atoms with van der Waals surface area (Å²) in [6.07, 6.45) is 11.0. The number of carbonyl (C=O) groups excluding carboxylic acids is 1. The van der Waals surface area contributed by atoms with Crippen molar-refractivity contribution in [3.63, 3.8) is 0 Å². The molecule has 126 valence electrons. The van der Waals surface area contributed by atoms with Crippen LogP contribution in [0.3, 0.4) is 0 Å². The Kier molecular flexibility index (Phi) is 5.36. The van der Waals surface area contributed by atoms with Crippen molar-refractivity contribution in [2.75, 3.05) is 18.8 Å². The molecule has 1 atom stereocenters. The summed E-state index contributed by atoms with van der Waals surface area (Å²) in [6, 6.07) is 3.91. The zero-order valence-corrected chi connectivity index (χ0v) is 13.8. The third-order valence-electron chi connectivity index (χ3n) is 4.51. The van der Waals surface area contributed by atoms with E-state index in [1.807, 2.05) is 23.2 Å². The molecule has 3 rings (SSSR count). The predicted octanol–water partition coefficient (Wildman–Crippen LogP) is 1.87. The first kappa shape index (κ1) is 16.4. The molecule has 1 amide bonds. The SMILES string of the molecule is Nc1nccnc1CC1CCCN(C(=O)CCc2cccnc2)C1. The van der Waals surface area contributed by atoms with E-state index < -0.39 is 0 Å². The normalized spacial score (nSPS) is 17.7. The van der Waals surface area contributed by atoms with Crippen molar-refractivity contribution >= 4 is 11.7 Å². The van der Waals surface area contributed by atoms with Gasteiger partial charge in [0, 0.05) is 44.3 Å². The monoisotopic (exact) mass is 325 g/mol. The number of carbonyl (C=O) groups is 1. The first-order valence-corrected chi connectivity index (χ1v) is 8.44. The van der Waals surface area contributed by atoms with Gasteiger partial charge in [0.1, 0.15) is 5.82 Å². The Bertz CT molecular complexity index is 676. The Morgan fingerprint density at radius 3 is 2.96 bits per heavy atom. The Balaban J connectivity index is 1.53. The number of likely N-dealkylation sites (tertiary alicyclic amines) is 1. The topological polar surface area (TPSA) is 85.0 Å². The number of amides is 1. The molecule has 1 aliphatic rings. The molecule has 1 saturated heterocycles. The quantitative estimate of drug-likeness (QED) is 0.907. The van der Waals surface area contributed by atoms with Gasteiger partial charge in [0.25, 0.3) is 0 Å². The van der Waals surface area contributed by atoms with E-state index in [9.17, 15) is 4.79 Å². The highest BCUT2D eigenvalue weighted by Gasteiger charge is 2.24. The maximum absolute atomic E-state index is 12.5. The van der Waals surface area contributed by atoms with E-state index in [2.05, 4.69) is 15.0 Å². The third-order valence-corrected chi connectivity index (χ3v) is 4.51. The predicted molar refractivity (Wildman–Crippen MR) is 92.0 cm³/mol. The molecule has 0 bridgehead atoms. The fraction of sp³-hybridized carbons (Fsp3) is 0.444. The van der Waals surface area contributed by atoms with Gasteiger partial charge < -0.3 is 10.6 Å². The van der Waals surface area contributed by atoms with Gasteiger partial charge in [-0.3, -0.25) is 14.8 Å². The Hall–Kier alpha value is -2.50. The van der Waals surface area contributed by atoms with E-state index in [0.717, 1.165) is 50.0 Å². The second-order valence-corrected chi connectivity index (χ2v) is 6.30. The molecule has 1 aliphatic heterocycles. The van der Waals surface area contributed by atoms with Crippen molar-refractivity contribution in [2.45, 2.75) is 32.1 Å². The van der Waals surface area contributed by atoms with Gasteiger partial charge in [-0.2, -0.15) is 0 Å².